The molecule has 4 heteroatoms. The van der Waals surface area contributed by atoms with Crippen molar-refractivity contribution in [3.8, 4) is 0 Å². The number of anilines is 1. The first-order chi connectivity index (χ1) is 8.38. The zero-order valence-corrected chi connectivity index (χ0v) is 11.5. The van der Waals surface area contributed by atoms with E-state index in [0.29, 0.717) is 23.4 Å². The molecule has 0 saturated heterocycles. The molecule has 0 atom stereocenters. The van der Waals surface area contributed by atoms with Crippen LogP contribution in [0.1, 0.15) is 43.1 Å². The van der Waals surface area contributed by atoms with Crippen molar-refractivity contribution in [3.63, 3.8) is 0 Å². The molecular weight excluding hydrogens is 231 g/mol. The molecule has 0 aliphatic carbocycles. The highest BCUT2D eigenvalue weighted by atomic mass is 19.1. The van der Waals surface area contributed by atoms with Gasteiger partial charge in [-0.1, -0.05) is 6.92 Å². The maximum absolute atomic E-state index is 13.6. The van der Waals surface area contributed by atoms with E-state index < -0.39 is 5.82 Å². The predicted octanol–water partition coefficient (Wildman–Crippen LogP) is 2.98. The Morgan fingerprint density at radius 3 is 2.50 bits per heavy atom. The highest BCUT2D eigenvalue weighted by molar-refractivity contribution is 5.95. The number of hydrogen-bond acceptors (Lipinski definition) is 2. The van der Waals surface area contributed by atoms with Crippen LogP contribution in [0.25, 0.3) is 0 Å². The molecule has 2 N–H and O–H groups in total. The predicted molar refractivity (Wildman–Crippen MR) is 72.0 cm³/mol. The number of nitrogens with two attached hydrogens (primary N) is 1. The number of rotatable bonds is 4. The Hall–Kier alpha value is -1.58. The zero-order valence-electron chi connectivity index (χ0n) is 11.5. The van der Waals surface area contributed by atoms with Gasteiger partial charge in [-0.3, -0.25) is 4.79 Å². The largest absolute Gasteiger partial charge is 0.398 e. The summed E-state index contributed by atoms with van der Waals surface area (Å²) >= 11 is 0. The topological polar surface area (TPSA) is 46.3 Å². The van der Waals surface area contributed by atoms with E-state index in [2.05, 4.69) is 0 Å². The van der Waals surface area contributed by atoms with E-state index >= 15 is 0 Å². The van der Waals surface area contributed by atoms with Crippen molar-refractivity contribution >= 4 is 11.6 Å². The third-order valence-corrected chi connectivity index (χ3v) is 2.98. The van der Waals surface area contributed by atoms with Crippen LogP contribution in [0, 0.1) is 12.7 Å². The first-order valence-electron chi connectivity index (χ1n) is 6.25. The molecule has 0 spiro atoms. The summed E-state index contributed by atoms with van der Waals surface area (Å²) in [5.41, 5.74) is 6.72. The van der Waals surface area contributed by atoms with Gasteiger partial charge in [0.2, 0.25) is 0 Å². The molecule has 1 amide bonds. The zero-order chi connectivity index (χ0) is 13.9. The second-order valence-electron chi connectivity index (χ2n) is 4.76. The molecule has 3 nitrogen and oxygen atoms in total. The van der Waals surface area contributed by atoms with Crippen LogP contribution in [0.2, 0.25) is 0 Å². The van der Waals surface area contributed by atoms with Gasteiger partial charge in [0, 0.05) is 29.4 Å². The lowest BCUT2D eigenvalue weighted by Crippen LogP contribution is -2.37. The van der Waals surface area contributed by atoms with Crippen molar-refractivity contribution in [2.75, 3.05) is 12.3 Å². The number of nitrogen functional groups attached to an aromatic ring is 1. The molecule has 0 aromatic heterocycles. The minimum atomic E-state index is -0.432. The van der Waals surface area contributed by atoms with Crippen LogP contribution < -0.4 is 5.73 Å². The van der Waals surface area contributed by atoms with Crippen molar-refractivity contribution < 1.29 is 9.18 Å². The second-order valence-corrected chi connectivity index (χ2v) is 4.76. The Morgan fingerprint density at radius 1 is 1.44 bits per heavy atom. The Morgan fingerprint density at radius 2 is 2.06 bits per heavy atom. The molecule has 0 aliphatic rings. The molecule has 1 aromatic carbocycles. The molecule has 0 unspecified atom stereocenters. The fourth-order valence-electron chi connectivity index (χ4n) is 1.82. The van der Waals surface area contributed by atoms with E-state index in [1.807, 2.05) is 20.8 Å². The number of halogens is 1. The number of benzene rings is 1. The number of carbonyl (C=O) groups excluding carboxylic acids is 1. The number of carbonyl (C=O) groups is 1. The monoisotopic (exact) mass is 252 g/mol. The average molecular weight is 252 g/mol. The van der Waals surface area contributed by atoms with Gasteiger partial charge in [0.15, 0.2) is 0 Å². The summed E-state index contributed by atoms with van der Waals surface area (Å²) in [7, 11) is 0. The maximum atomic E-state index is 13.6. The second kappa shape index (κ2) is 5.85. The van der Waals surface area contributed by atoms with Crippen LogP contribution in [-0.4, -0.2) is 23.4 Å². The van der Waals surface area contributed by atoms with E-state index in [0.717, 1.165) is 6.42 Å². The molecule has 0 fully saturated rings. The standard InChI is InChI=1S/C14H21FN2O/c1-5-6-17(9(2)3)14(18)11-7-12(15)10(4)13(16)8-11/h7-9H,5-6,16H2,1-4H3. The summed E-state index contributed by atoms with van der Waals surface area (Å²) in [4.78, 5) is 14.0. The summed E-state index contributed by atoms with van der Waals surface area (Å²) in [6.07, 6.45) is 0.869. The Kier molecular flexibility index (Phi) is 4.70. The molecule has 0 aliphatic heterocycles. The van der Waals surface area contributed by atoms with Crippen molar-refractivity contribution in [3.05, 3.63) is 29.1 Å². The van der Waals surface area contributed by atoms with Crippen LogP contribution in [-0.2, 0) is 0 Å². The molecule has 100 valence electrons. The summed E-state index contributed by atoms with van der Waals surface area (Å²) in [6, 6.07) is 2.90. The number of amides is 1. The van der Waals surface area contributed by atoms with Crippen molar-refractivity contribution in [1.29, 1.82) is 0 Å². The summed E-state index contributed by atoms with van der Waals surface area (Å²) in [5.74, 6) is -0.601. The highest BCUT2D eigenvalue weighted by Crippen LogP contribution is 2.19. The lowest BCUT2D eigenvalue weighted by Gasteiger charge is -2.26. The SMILES string of the molecule is CCCN(C(=O)c1cc(N)c(C)c(F)c1)C(C)C. The van der Waals surface area contributed by atoms with Gasteiger partial charge in [-0.25, -0.2) is 4.39 Å². The maximum Gasteiger partial charge on any atom is 0.254 e. The molecule has 0 saturated carbocycles. The van der Waals surface area contributed by atoms with Gasteiger partial charge in [-0.05, 0) is 39.3 Å². The smallest absolute Gasteiger partial charge is 0.254 e. The lowest BCUT2D eigenvalue weighted by atomic mass is 10.1. The van der Waals surface area contributed by atoms with E-state index in [4.69, 9.17) is 5.73 Å². The normalized spacial score (nSPS) is 10.8. The van der Waals surface area contributed by atoms with Gasteiger partial charge < -0.3 is 10.6 Å². The first kappa shape index (κ1) is 14.5. The molecule has 0 radical (unpaired) electrons. The Labute approximate surface area is 108 Å². The van der Waals surface area contributed by atoms with Crippen LogP contribution in [0.5, 0.6) is 0 Å². The van der Waals surface area contributed by atoms with Gasteiger partial charge in [0.1, 0.15) is 5.82 Å². The Balaban J connectivity index is 3.09. The molecule has 1 rings (SSSR count). The third-order valence-electron chi connectivity index (χ3n) is 2.98. The van der Waals surface area contributed by atoms with Gasteiger partial charge in [-0.15, -0.1) is 0 Å². The number of hydrogen-bond donors (Lipinski definition) is 1. The highest BCUT2D eigenvalue weighted by Gasteiger charge is 2.19. The first-order valence-corrected chi connectivity index (χ1v) is 6.25. The van der Waals surface area contributed by atoms with E-state index in [-0.39, 0.29) is 11.9 Å². The van der Waals surface area contributed by atoms with Crippen LogP contribution in [0.3, 0.4) is 0 Å². The van der Waals surface area contributed by atoms with Crippen molar-refractivity contribution in [1.82, 2.24) is 4.90 Å². The van der Waals surface area contributed by atoms with Gasteiger partial charge in [-0.2, -0.15) is 0 Å². The Bertz CT molecular complexity index is 420. The summed E-state index contributed by atoms with van der Waals surface area (Å²) < 4.78 is 13.6. The fraction of sp³-hybridized carbons (Fsp3) is 0.500. The van der Waals surface area contributed by atoms with Crippen LogP contribution in [0.4, 0.5) is 10.1 Å². The fourth-order valence-corrected chi connectivity index (χ4v) is 1.82. The minimum absolute atomic E-state index is 0.0861. The molecule has 1 aromatic rings. The summed E-state index contributed by atoms with van der Waals surface area (Å²) in [6.45, 7) is 8.16. The van der Waals surface area contributed by atoms with E-state index in [1.165, 1.54) is 6.07 Å². The van der Waals surface area contributed by atoms with Crippen molar-refractivity contribution in [2.24, 2.45) is 0 Å². The molecular formula is C14H21FN2O. The van der Waals surface area contributed by atoms with Gasteiger partial charge >= 0.3 is 0 Å². The van der Waals surface area contributed by atoms with Gasteiger partial charge in [0.25, 0.3) is 5.91 Å². The minimum Gasteiger partial charge on any atom is -0.398 e. The van der Waals surface area contributed by atoms with E-state index in [1.54, 1.807) is 17.9 Å². The van der Waals surface area contributed by atoms with E-state index in [9.17, 15) is 9.18 Å². The molecule has 0 heterocycles. The molecule has 18 heavy (non-hydrogen) atoms. The lowest BCUT2D eigenvalue weighted by molar-refractivity contribution is 0.0705. The average Bonchev–Trinajstić information content (AvgIpc) is 2.31. The van der Waals surface area contributed by atoms with Crippen LogP contribution in [0.15, 0.2) is 12.1 Å². The quantitative estimate of drug-likeness (QED) is 0.837. The van der Waals surface area contributed by atoms with Crippen molar-refractivity contribution in [2.45, 2.75) is 40.2 Å². The van der Waals surface area contributed by atoms with Gasteiger partial charge in [0.05, 0.1) is 0 Å². The molecule has 0 bridgehead atoms. The third kappa shape index (κ3) is 3.00. The number of nitrogens with zero attached hydrogens (tertiary/aromatic N) is 1. The summed E-state index contributed by atoms with van der Waals surface area (Å²) in [5, 5.41) is 0. The van der Waals surface area contributed by atoms with Crippen LogP contribution >= 0.6 is 0 Å².